The number of nitrogens with zero attached hydrogens (tertiary/aromatic N) is 4. The Hall–Kier alpha value is -1.63. The fourth-order valence-electron chi connectivity index (χ4n) is 2.16. The van der Waals surface area contributed by atoms with Crippen LogP contribution in [0.4, 0.5) is 11.9 Å². The minimum absolute atomic E-state index is 0.249. The zero-order valence-corrected chi connectivity index (χ0v) is 12.4. The van der Waals surface area contributed by atoms with Gasteiger partial charge in [0, 0.05) is 27.2 Å². The average Bonchev–Trinajstić information content (AvgIpc) is 2.48. The van der Waals surface area contributed by atoms with Crippen LogP contribution in [0.15, 0.2) is 0 Å². The molecule has 1 aromatic rings. The molecule has 1 atom stereocenters. The molecule has 1 saturated heterocycles. The Balaban J connectivity index is 2.06. The van der Waals surface area contributed by atoms with Crippen molar-refractivity contribution in [2.75, 3.05) is 44.1 Å². The zero-order chi connectivity index (χ0) is 14.4. The molecule has 1 aromatic heterocycles. The standard InChI is InChI=1S/C13H23N5O2/c1-4-19-13-16-11(14-2)15-12(17-13)18(3)9-10-7-5-6-8-20-10/h10H,4-9H2,1-3H3,(H,14,15,16,17). The molecule has 7 nitrogen and oxygen atoms in total. The summed E-state index contributed by atoms with van der Waals surface area (Å²) in [4.78, 5) is 14.8. The zero-order valence-electron chi connectivity index (χ0n) is 12.4. The fraction of sp³-hybridized carbons (Fsp3) is 0.769. The Morgan fingerprint density at radius 3 is 2.85 bits per heavy atom. The van der Waals surface area contributed by atoms with Gasteiger partial charge in [-0.25, -0.2) is 0 Å². The molecule has 112 valence electrons. The molecule has 0 saturated carbocycles. The molecule has 0 bridgehead atoms. The highest BCUT2D eigenvalue weighted by Crippen LogP contribution is 2.18. The van der Waals surface area contributed by atoms with E-state index < -0.39 is 0 Å². The van der Waals surface area contributed by atoms with Crippen LogP contribution >= 0.6 is 0 Å². The van der Waals surface area contributed by atoms with Gasteiger partial charge in [0.2, 0.25) is 11.9 Å². The predicted octanol–water partition coefficient (Wildman–Crippen LogP) is 1.32. The molecule has 0 spiro atoms. The lowest BCUT2D eigenvalue weighted by molar-refractivity contribution is 0.0214. The van der Waals surface area contributed by atoms with Crippen molar-refractivity contribution in [2.45, 2.75) is 32.3 Å². The number of likely N-dealkylation sites (N-methyl/N-ethyl adjacent to an activating group) is 1. The third-order valence-electron chi connectivity index (χ3n) is 3.19. The van der Waals surface area contributed by atoms with Crippen LogP contribution in [0.25, 0.3) is 0 Å². The summed E-state index contributed by atoms with van der Waals surface area (Å²) in [7, 11) is 3.74. The molecule has 1 unspecified atom stereocenters. The smallest absolute Gasteiger partial charge is 0.323 e. The maximum atomic E-state index is 5.74. The molecular formula is C13H23N5O2. The Kier molecular flexibility index (Phi) is 5.34. The van der Waals surface area contributed by atoms with Crippen molar-refractivity contribution in [2.24, 2.45) is 0 Å². The van der Waals surface area contributed by atoms with Gasteiger partial charge in [0.15, 0.2) is 0 Å². The molecule has 0 aromatic carbocycles. The number of ether oxygens (including phenoxy) is 2. The summed E-state index contributed by atoms with van der Waals surface area (Å²) >= 11 is 0. The van der Waals surface area contributed by atoms with Crippen molar-refractivity contribution in [3.05, 3.63) is 0 Å². The van der Waals surface area contributed by atoms with E-state index in [-0.39, 0.29) is 6.10 Å². The van der Waals surface area contributed by atoms with Crippen molar-refractivity contribution < 1.29 is 9.47 Å². The summed E-state index contributed by atoms with van der Waals surface area (Å²) in [6.07, 6.45) is 3.72. The van der Waals surface area contributed by atoms with Crippen molar-refractivity contribution in [3.63, 3.8) is 0 Å². The van der Waals surface area contributed by atoms with Crippen molar-refractivity contribution >= 4 is 11.9 Å². The van der Waals surface area contributed by atoms with E-state index >= 15 is 0 Å². The second-order valence-electron chi connectivity index (χ2n) is 4.79. The van der Waals surface area contributed by atoms with Gasteiger partial charge >= 0.3 is 6.01 Å². The van der Waals surface area contributed by atoms with E-state index in [0.29, 0.717) is 24.5 Å². The monoisotopic (exact) mass is 281 g/mol. The topological polar surface area (TPSA) is 72.4 Å². The largest absolute Gasteiger partial charge is 0.464 e. The number of aromatic nitrogens is 3. The van der Waals surface area contributed by atoms with E-state index in [1.165, 1.54) is 6.42 Å². The second-order valence-corrected chi connectivity index (χ2v) is 4.79. The van der Waals surface area contributed by atoms with Gasteiger partial charge in [0.1, 0.15) is 0 Å². The van der Waals surface area contributed by atoms with E-state index in [9.17, 15) is 0 Å². The summed E-state index contributed by atoms with van der Waals surface area (Å²) in [6.45, 7) is 4.06. The number of hydrogen-bond donors (Lipinski definition) is 1. The first-order valence-electron chi connectivity index (χ1n) is 7.12. The molecule has 7 heteroatoms. The van der Waals surface area contributed by atoms with Gasteiger partial charge in [-0.2, -0.15) is 15.0 Å². The Bertz CT molecular complexity index is 423. The molecule has 1 aliphatic rings. The quantitative estimate of drug-likeness (QED) is 0.843. The van der Waals surface area contributed by atoms with Crippen LogP contribution in [0.1, 0.15) is 26.2 Å². The second kappa shape index (κ2) is 7.23. The van der Waals surface area contributed by atoms with Gasteiger partial charge in [0.25, 0.3) is 0 Å². The minimum Gasteiger partial charge on any atom is -0.464 e. The number of hydrogen-bond acceptors (Lipinski definition) is 7. The summed E-state index contributed by atoms with van der Waals surface area (Å²) in [5.41, 5.74) is 0. The van der Waals surface area contributed by atoms with Crippen molar-refractivity contribution in [1.29, 1.82) is 0 Å². The Morgan fingerprint density at radius 2 is 2.20 bits per heavy atom. The molecule has 0 amide bonds. The van der Waals surface area contributed by atoms with Gasteiger partial charge in [-0.3, -0.25) is 0 Å². The third kappa shape index (κ3) is 3.93. The van der Waals surface area contributed by atoms with E-state index in [1.54, 1.807) is 7.05 Å². The van der Waals surface area contributed by atoms with Gasteiger partial charge in [-0.05, 0) is 26.2 Å². The molecule has 20 heavy (non-hydrogen) atoms. The first-order valence-corrected chi connectivity index (χ1v) is 7.12. The maximum Gasteiger partial charge on any atom is 0.323 e. The summed E-state index contributed by atoms with van der Waals surface area (Å²) in [5, 5.41) is 2.92. The third-order valence-corrected chi connectivity index (χ3v) is 3.19. The fourth-order valence-corrected chi connectivity index (χ4v) is 2.16. The van der Waals surface area contributed by atoms with Gasteiger partial charge < -0.3 is 19.7 Å². The van der Waals surface area contributed by atoms with Gasteiger partial charge in [-0.1, -0.05) is 0 Å². The maximum absolute atomic E-state index is 5.74. The van der Waals surface area contributed by atoms with Crippen LogP contribution in [-0.4, -0.2) is 54.9 Å². The number of nitrogens with one attached hydrogen (secondary N) is 1. The molecule has 0 radical (unpaired) electrons. The van der Waals surface area contributed by atoms with E-state index in [1.807, 2.05) is 18.9 Å². The van der Waals surface area contributed by atoms with E-state index in [4.69, 9.17) is 9.47 Å². The highest BCUT2D eigenvalue weighted by Gasteiger charge is 2.18. The highest BCUT2D eigenvalue weighted by molar-refractivity contribution is 5.37. The van der Waals surface area contributed by atoms with Gasteiger partial charge in [-0.15, -0.1) is 0 Å². The van der Waals surface area contributed by atoms with E-state index in [2.05, 4.69) is 20.3 Å². The predicted molar refractivity (Wildman–Crippen MR) is 77.4 cm³/mol. The van der Waals surface area contributed by atoms with Crippen molar-refractivity contribution in [3.8, 4) is 6.01 Å². The first-order chi connectivity index (χ1) is 9.72. The molecule has 1 fully saturated rings. The molecular weight excluding hydrogens is 258 g/mol. The molecule has 2 heterocycles. The van der Waals surface area contributed by atoms with Crippen LogP contribution in [0.3, 0.4) is 0 Å². The highest BCUT2D eigenvalue weighted by atomic mass is 16.5. The Labute approximate surface area is 119 Å². The van der Waals surface area contributed by atoms with Crippen molar-refractivity contribution in [1.82, 2.24) is 15.0 Å². The van der Waals surface area contributed by atoms with Crippen LogP contribution in [0.5, 0.6) is 6.01 Å². The average molecular weight is 281 g/mol. The molecule has 1 N–H and O–H groups in total. The molecule has 0 aliphatic carbocycles. The molecule has 1 aliphatic heterocycles. The Morgan fingerprint density at radius 1 is 1.35 bits per heavy atom. The lowest BCUT2D eigenvalue weighted by Gasteiger charge is -2.27. The van der Waals surface area contributed by atoms with E-state index in [0.717, 1.165) is 26.0 Å². The SMILES string of the molecule is CCOc1nc(NC)nc(N(C)CC2CCCCO2)n1. The lowest BCUT2D eigenvalue weighted by Crippen LogP contribution is -2.34. The lowest BCUT2D eigenvalue weighted by atomic mass is 10.1. The summed E-state index contributed by atoms with van der Waals surface area (Å²) in [5.74, 6) is 1.11. The number of rotatable bonds is 6. The normalized spacial score (nSPS) is 18.6. The first kappa shape index (κ1) is 14.8. The van der Waals surface area contributed by atoms with Crippen LogP contribution in [-0.2, 0) is 4.74 Å². The summed E-state index contributed by atoms with van der Waals surface area (Å²) in [6, 6.07) is 0.346. The van der Waals surface area contributed by atoms with Gasteiger partial charge in [0.05, 0.1) is 12.7 Å². The number of anilines is 2. The summed E-state index contributed by atoms with van der Waals surface area (Å²) < 4.78 is 11.1. The van der Waals surface area contributed by atoms with Crippen LogP contribution in [0.2, 0.25) is 0 Å². The molecule has 2 rings (SSSR count). The minimum atomic E-state index is 0.249. The van der Waals surface area contributed by atoms with Crippen LogP contribution in [0, 0.1) is 0 Å². The van der Waals surface area contributed by atoms with Crippen LogP contribution < -0.4 is 15.0 Å².